The number of hydrogen-bond acceptors (Lipinski definition) is 3. The highest BCUT2D eigenvalue weighted by Gasteiger charge is 2.22. The van der Waals surface area contributed by atoms with Crippen molar-refractivity contribution in [2.45, 2.75) is 57.1 Å². The Morgan fingerprint density at radius 2 is 1.95 bits per heavy atom. The minimum Gasteiger partial charge on any atom is -0.497 e. The fourth-order valence-corrected chi connectivity index (χ4v) is 3.16. The van der Waals surface area contributed by atoms with Gasteiger partial charge in [0.05, 0.1) is 13.2 Å². The van der Waals surface area contributed by atoms with Gasteiger partial charge in [-0.25, -0.2) is 0 Å². The largest absolute Gasteiger partial charge is 0.497 e. The number of aryl methyl sites for hydroxylation is 1. The van der Waals surface area contributed by atoms with Gasteiger partial charge < -0.3 is 4.74 Å². The molecule has 3 rings (SSSR count). The van der Waals surface area contributed by atoms with Crippen LogP contribution in [0.5, 0.6) is 5.75 Å². The summed E-state index contributed by atoms with van der Waals surface area (Å²) in [6, 6.07) is 6.86. The first-order valence-electron chi connectivity index (χ1n) is 7.42. The molecule has 0 amide bonds. The Bertz CT molecular complexity index is 427. The number of fused-ring (bicyclic) bond motifs is 1. The molecule has 1 aromatic carbocycles. The Morgan fingerprint density at radius 1 is 1.11 bits per heavy atom. The van der Waals surface area contributed by atoms with Gasteiger partial charge in [-0.05, 0) is 55.4 Å². The van der Waals surface area contributed by atoms with Crippen molar-refractivity contribution >= 4 is 0 Å². The number of nitrogens with one attached hydrogen (secondary N) is 1. The zero-order valence-corrected chi connectivity index (χ0v) is 11.7. The van der Waals surface area contributed by atoms with Crippen molar-refractivity contribution < 1.29 is 9.57 Å². The molecule has 3 heteroatoms. The minimum absolute atomic E-state index is 0.437. The SMILES string of the molecule is COc1ccc2c(c1)CC(NOC1CCCC1)CC2. The number of hydrogen-bond donors (Lipinski definition) is 1. The second-order valence-electron chi connectivity index (χ2n) is 5.72. The summed E-state index contributed by atoms with van der Waals surface area (Å²) in [7, 11) is 1.73. The predicted molar refractivity (Wildman–Crippen MR) is 75.3 cm³/mol. The third-order valence-electron chi connectivity index (χ3n) is 4.35. The van der Waals surface area contributed by atoms with E-state index in [2.05, 4.69) is 23.7 Å². The number of hydroxylamine groups is 1. The van der Waals surface area contributed by atoms with E-state index in [4.69, 9.17) is 9.57 Å². The molecule has 0 radical (unpaired) electrons. The molecule has 19 heavy (non-hydrogen) atoms. The molecule has 1 saturated carbocycles. The van der Waals surface area contributed by atoms with E-state index in [1.165, 1.54) is 36.8 Å². The van der Waals surface area contributed by atoms with Crippen LogP contribution in [0.1, 0.15) is 43.2 Å². The lowest BCUT2D eigenvalue weighted by Gasteiger charge is -2.26. The van der Waals surface area contributed by atoms with Crippen LogP contribution in [0.15, 0.2) is 18.2 Å². The van der Waals surface area contributed by atoms with Gasteiger partial charge in [-0.3, -0.25) is 4.84 Å². The van der Waals surface area contributed by atoms with Gasteiger partial charge in [-0.2, -0.15) is 5.48 Å². The highest BCUT2D eigenvalue weighted by molar-refractivity contribution is 5.37. The van der Waals surface area contributed by atoms with Gasteiger partial charge in [-0.15, -0.1) is 0 Å². The Kier molecular flexibility index (Phi) is 4.04. The molecule has 1 unspecified atom stereocenters. The van der Waals surface area contributed by atoms with E-state index in [0.717, 1.165) is 25.0 Å². The van der Waals surface area contributed by atoms with E-state index >= 15 is 0 Å². The molecule has 2 aliphatic carbocycles. The van der Waals surface area contributed by atoms with Crippen LogP contribution in [0, 0.1) is 0 Å². The molecule has 0 spiro atoms. The summed E-state index contributed by atoms with van der Waals surface area (Å²) in [5.74, 6) is 0.955. The quantitative estimate of drug-likeness (QED) is 0.845. The van der Waals surface area contributed by atoms with Gasteiger partial charge in [0.2, 0.25) is 0 Å². The van der Waals surface area contributed by atoms with Gasteiger partial charge in [0.25, 0.3) is 0 Å². The maximum absolute atomic E-state index is 5.83. The van der Waals surface area contributed by atoms with Crippen molar-refractivity contribution in [1.82, 2.24) is 5.48 Å². The van der Waals surface area contributed by atoms with Gasteiger partial charge in [0, 0.05) is 6.04 Å². The summed E-state index contributed by atoms with van der Waals surface area (Å²) in [4.78, 5) is 5.83. The molecule has 0 saturated heterocycles. The molecule has 0 heterocycles. The minimum atomic E-state index is 0.437. The zero-order valence-electron chi connectivity index (χ0n) is 11.7. The summed E-state index contributed by atoms with van der Waals surface area (Å²) < 4.78 is 5.31. The Morgan fingerprint density at radius 3 is 2.74 bits per heavy atom. The Balaban J connectivity index is 1.57. The fraction of sp³-hybridized carbons (Fsp3) is 0.625. The molecule has 2 aliphatic rings. The van der Waals surface area contributed by atoms with E-state index in [1.54, 1.807) is 7.11 Å². The third kappa shape index (κ3) is 3.10. The average molecular weight is 261 g/mol. The van der Waals surface area contributed by atoms with Crippen LogP contribution in [-0.2, 0) is 17.7 Å². The first kappa shape index (κ1) is 12.9. The summed E-state index contributed by atoms with van der Waals surface area (Å²) >= 11 is 0. The lowest BCUT2D eigenvalue weighted by molar-refractivity contribution is -0.0422. The number of methoxy groups -OCH3 is 1. The third-order valence-corrected chi connectivity index (χ3v) is 4.35. The van der Waals surface area contributed by atoms with Crippen LogP contribution >= 0.6 is 0 Å². The second kappa shape index (κ2) is 5.93. The average Bonchev–Trinajstić information content (AvgIpc) is 2.97. The first-order chi connectivity index (χ1) is 9.35. The summed E-state index contributed by atoms with van der Waals surface area (Å²) in [5, 5.41) is 0. The van der Waals surface area contributed by atoms with Gasteiger partial charge in [0.1, 0.15) is 5.75 Å². The lowest BCUT2D eigenvalue weighted by atomic mass is 9.88. The topological polar surface area (TPSA) is 30.5 Å². The summed E-state index contributed by atoms with van der Waals surface area (Å²) in [5.41, 5.74) is 6.16. The summed E-state index contributed by atoms with van der Waals surface area (Å²) in [6.45, 7) is 0. The molecule has 0 aliphatic heterocycles. The van der Waals surface area contributed by atoms with Crippen LogP contribution in [0.2, 0.25) is 0 Å². The van der Waals surface area contributed by atoms with Gasteiger partial charge >= 0.3 is 0 Å². The number of benzene rings is 1. The molecule has 0 aromatic heterocycles. The highest BCUT2D eigenvalue weighted by atomic mass is 16.7. The molecule has 1 atom stereocenters. The fourth-order valence-electron chi connectivity index (χ4n) is 3.16. The van der Waals surface area contributed by atoms with Gasteiger partial charge in [-0.1, -0.05) is 18.9 Å². The van der Waals surface area contributed by atoms with E-state index in [9.17, 15) is 0 Å². The molecular formula is C16H23NO2. The van der Waals surface area contributed by atoms with Crippen molar-refractivity contribution in [2.75, 3.05) is 7.11 Å². The van der Waals surface area contributed by atoms with Crippen LogP contribution in [0.3, 0.4) is 0 Å². The van der Waals surface area contributed by atoms with Crippen LogP contribution in [-0.4, -0.2) is 19.3 Å². The Hall–Kier alpha value is -1.06. The molecule has 0 bridgehead atoms. The monoisotopic (exact) mass is 261 g/mol. The molecular weight excluding hydrogens is 238 g/mol. The zero-order chi connectivity index (χ0) is 13.1. The van der Waals surface area contributed by atoms with Crippen LogP contribution < -0.4 is 10.2 Å². The lowest BCUT2D eigenvalue weighted by Crippen LogP contribution is -2.36. The van der Waals surface area contributed by atoms with E-state index in [1.807, 2.05) is 0 Å². The van der Waals surface area contributed by atoms with Crippen molar-refractivity contribution in [1.29, 1.82) is 0 Å². The molecule has 104 valence electrons. The maximum atomic E-state index is 5.83. The smallest absolute Gasteiger partial charge is 0.119 e. The van der Waals surface area contributed by atoms with Gasteiger partial charge in [0.15, 0.2) is 0 Å². The molecule has 3 nitrogen and oxygen atoms in total. The second-order valence-corrected chi connectivity index (χ2v) is 5.72. The van der Waals surface area contributed by atoms with Crippen molar-refractivity contribution in [3.05, 3.63) is 29.3 Å². The molecule has 1 fully saturated rings. The van der Waals surface area contributed by atoms with Crippen LogP contribution in [0.25, 0.3) is 0 Å². The van der Waals surface area contributed by atoms with Crippen molar-refractivity contribution in [2.24, 2.45) is 0 Å². The number of ether oxygens (including phenoxy) is 1. The molecule has 1 aromatic rings. The van der Waals surface area contributed by atoms with Crippen molar-refractivity contribution in [3.8, 4) is 5.75 Å². The normalized spacial score (nSPS) is 23.3. The van der Waals surface area contributed by atoms with Crippen molar-refractivity contribution in [3.63, 3.8) is 0 Å². The number of rotatable bonds is 4. The molecule has 1 N–H and O–H groups in total. The van der Waals surface area contributed by atoms with E-state index in [-0.39, 0.29) is 0 Å². The Labute approximate surface area is 115 Å². The highest BCUT2D eigenvalue weighted by Crippen LogP contribution is 2.26. The predicted octanol–water partition coefficient (Wildman–Crippen LogP) is 3.02. The first-order valence-corrected chi connectivity index (χ1v) is 7.42. The standard InChI is InChI=1S/C16H23NO2/c1-18-16-9-7-12-6-8-14(10-13(12)11-16)17-19-15-4-2-3-5-15/h7,9,11,14-15,17H,2-6,8,10H2,1H3. The van der Waals surface area contributed by atoms with E-state index in [0.29, 0.717) is 12.1 Å². The summed E-state index contributed by atoms with van der Waals surface area (Å²) in [6.07, 6.45) is 8.82. The van der Waals surface area contributed by atoms with Crippen LogP contribution in [0.4, 0.5) is 0 Å². The van der Waals surface area contributed by atoms with E-state index < -0.39 is 0 Å². The maximum Gasteiger partial charge on any atom is 0.119 e.